The zero-order valence-electron chi connectivity index (χ0n) is 11.2. The maximum Gasteiger partial charge on any atom is 0.225 e. The molecule has 0 aliphatic heterocycles. The third kappa shape index (κ3) is 2.81. The molecular weight excluding hydrogens is 266 g/mol. The van der Waals surface area contributed by atoms with Gasteiger partial charge in [0.2, 0.25) is 5.28 Å². The van der Waals surface area contributed by atoms with E-state index in [1.54, 1.807) is 14.2 Å². The van der Waals surface area contributed by atoms with E-state index in [-0.39, 0.29) is 0 Å². The van der Waals surface area contributed by atoms with Gasteiger partial charge in [-0.05, 0) is 29.3 Å². The van der Waals surface area contributed by atoms with Crippen LogP contribution in [-0.2, 0) is 13.0 Å². The van der Waals surface area contributed by atoms with E-state index < -0.39 is 0 Å². The minimum atomic E-state index is 0.395. The van der Waals surface area contributed by atoms with Crippen molar-refractivity contribution in [3.63, 3.8) is 0 Å². The van der Waals surface area contributed by atoms with Gasteiger partial charge >= 0.3 is 0 Å². The highest BCUT2D eigenvalue weighted by Gasteiger charge is 2.11. The molecule has 5 nitrogen and oxygen atoms in total. The number of ether oxygens (including phenoxy) is 2. The summed E-state index contributed by atoms with van der Waals surface area (Å²) >= 11 is 6.04. The van der Waals surface area contributed by atoms with Crippen molar-refractivity contribution < 1.29 is 9.47 Å². The number of nitrogens with zero attached hydrogens (tertiary/aromatic N) is 3. The van der Waals surface area contributed by atoms with Gasteiger partial charge in [0.05, 0.1) is 20.8 Å². The van der Waals surface area contributed by atoms with Gasteiger partial charge < -0.3 is 9.47 Å². The van der Waals surface area contributed by atoms with Crippen molar-refractivity contribution in [2.75, 3.05) is 14.2 Å². The Morgan fingerprint density at radius 1 is 1.16 bits per heavy atom. The molecule has 2 aromatic rings. The van der Waals surface area contributed by atoms with Gasteiger partial charge in [-0.3, -0.25) is 4.57 Å². The van der Waals surface area contributed by atoms with Crippen LogP contribution in [0.2, 0.25) is 5.28 Å². The molecule has 1 aromatic carbocycles. The van der Waals surface area contributed by atoms with Gasteiger partial charge in [-0.2, -0.15) is 0 Å². The van der Waals surface area contributed by atoms with Gasteiger partial charge in [-0.25, -0.2) is 0 Å². The van der Waals surface area contributed by atoms with Crippen molar-refractivity contribution in [3.8, 4) is 11.5 Å². The van der Waals surface area contributed by atoms with Crippen molar-refractivity contribution in [1.82, 2.24) is 14.8 Å². The summed E-state index contributed by atoms with van der Waals surface area (Å²) in [5.74, 6) is 2.26. The van der Waals surface area contributed by atoms with Gasteiger partial charge in [-0.1, -0.05) is 13.0 Å². The molecule has 1 aromatic heterocycles. The average Bonchev–Trinajstić information content (AvgIpc) is 2.79. The Bertz CT molecular complexity index is 569. The third-order valence-corrected chi connectivity index (χ3v) is 3.17. The number of benzene rings is 1. The number of methoxy groups -OCH3 is 2. The fourth-order valence-electron chi connectivity index (χ4n) is 1.89. The molecule has 0 spiro atoms. The Hall–Kier alpha value is -1.75. The van der Waals surface area contributed by atoms with Gasteiger partial charge in [0, 0.05) is 6.42 Å². The predicted molar refractivity (Wildman–Crippen MR) is 73.1 cm³/mol. The van der Waals surface area contributed by atoms with Crippen LogP contribution in [-0.4, -0.2) is 29.0 Å². The number of hydrogen-bond acceptors (Lipinski definition) is 4. The quantitative estimate of drug-likeness (QED) is 0.845. The fourth-order valence-corrected chi connectivity index (χ4v) is 2.09. The first-order valence-electron chi connectivity index (χ1n) is 5.98. The van der Waals surface area contributed by atoms with Gasteiger partial charge in [0.25, 0.3) is 0 Å². The second-order valence-corrected chi connectivity index (χ2v) is 4.35. The summed E-state index contributed by atoms with van der Waals surface area (Å²) in [6, 6.07) is 5.77. The lowest BCUT2D eigenvalue weighted by atomic mass is 10.2. The lowest BCUT2D eigenvalue weighted by Crippen LogP contribution is -2.05. The summed E-state index contributed by atoms with van der Waals surface area (Å²) in [5, 5.41) is 8.31. The Kier molecular flexibility index (Phi) is 4.27. The highest BCUT2D eigenvalue weighted by atomic mass is 35.5. The summed E-state index contributed by atoms with van der Waals surface area (Å²) in [6.45, 7) is 2.63. The lowest BCUT2D eigenvalue weighted by molar-refractivity contribution is 0.354. The molecule has 2 rings (SSSR count). The lowest BCUT2D eigenvalue weighted by Gasteiger charge is -2.11. The van der Waals surface area contributed by atoms with Gasteiger partial charge in [-0.15, -0.1) is 10.2 Å². The Morgan fingerprint density at radius 2 is 1.89 bits per heavy atom. The van der Waals surface area contributed by atoms with E-state index in [2.05, 4.69) is 10.2 Å². The molecule has 0 saturated heterocycles. The summed E-state index contributed by atoms with van der Waals surface area (Å²) in [7, 11) is 3.23. The minimum absolute atomic E-state index is 0.395. The maximum atomic E-state index is 6.04. The number of halogens is 1. The third-order valence-electron chi connectivity index (χ3n) is 2.89. The Morgan fingerprint density at radius 3 is 2.53 bits per heavy atom. The summed E-state index contributed by atoms with van der Waals surface area (Å²) in [5.41, 5.74) is 1.05. The number of rotatable bonds is 5. The first-order chi connectivity index (χ1) is 9.19. The van der Waals surface area contributed by atoms with E-state index in [1.807, 2.05) is 29.7 Å². The molecular formula is C13H16ClN3O2. The van der Waals surface area contributed by atoms with Crippen molar-refractivity contribution in [2.24, 2.45) is 0 Å². The van der Waals surface area contributed by atoms with Crippen LogP contribution in [0.1, 0.15) is 18.3 Å². The van der Waals surface area contributed by atoms with Crippen LogP contribution < -0.4 is 9.47 Å². The van der Waals surface area contributed by atoms with Crippen molar-refractivity contribution in [1.29, 1.82) is 0 Å². The molecule has 1 heterocycles. The van der Waals surface area contributed by atoms with E-state index in [0.717, 1.165) is 17.8 Å². The number of aromatic nitrogens is 3. The summed E-state index contributed by atoms with van der Waals surface area (Å²) in [6.07, 6.45) is 0.785. The van der Waals surface area contributed by atoms with E-state index in [4.69, 9.17) is 21.1 Å². The van der Waals surface area contributed by atoms with Gasteiger partial charge in [0.15, 0.2) is 11.5 Å². The van der Waals surface area contributed by atoms with Crippen LogP contribution in [0, 0.1) is 0 Å². The molecule has 19 heavy (non-hydrogen) atoms. The van der Waals surface area contributed by atoms with Crippen LogP contribution in [0.3, 0.4) is 0 Å². The maximum absolute atomic E-state index is 6.04. The van der Waals surface area contributed by atoms with Crippen LogP contribution >= 0.6 is 11.6 Å². The van der Waals surface area contributed by atoms with E-state index in [1.165, 1.54) is 0 Å². The van der Waals surface area contributed by atoms with Crippen LogP contribution in [0.15, 0.2) is 18.2 Å². The second kappa shape index (κ2) is 5.93. The highest BCUT2D eigenvalue weighted by molar-refractivity contribution is 6.28. The van der Waals surface area contributed by atoms with Crippen LogP contribution in [0.4, 0.5) is 0 Å². The number of aryl methyl sites for hydroxylation is 1. The monoisotopic (exact) mass is 281 g/mol. The molecule has 0 saturated carbocycles. The first kappa shape index (κ1) is 13.7. The molecule has 0 fully saturated rings. The normalized spacial score (nSPS) is 10.5. The molecule has 6 heteroatoms. The van der Waals surface area contributed by atoms with Crippen molar-refractivity contribution >= 4 is 11.6 Å². The molecule has 0 bridgehead atoms. The fraction of sp³-hybridized carbons (Fsp3) is 0.385. The molecule has 0 N–H and O–H groups in total. The molecule has 0 radical (unpaired) electrons. The molecule has 0 atom stereocenters. The first-order valence-corrected chi connectivity index (χ1v) is 6.35. The zero-order valence-corrected chi connectivity index (χ0v) is 11.9. The highest BCUT2D eigenvalue weighted by Crippen LogP contribution is 2.28. The van der Waals surface area contributed by atoms with Crippen molar-refractivity contribution in [2.45, 2.75) is 19.9 Å². The van der Waals surface area contributed by atoms with E-state index >= 15 is 0 Å². The predicted octanol–water partition coefficient (Wildman–Crippen LogP) is 2.56. The van der Waals surface area contributed by atoms with Crippen LogP contribution in [0.25, 0.3) is 0 Å². The average molecular weight is 282 g/mol. The minimum Gasteiger partial charge on any atom is -0.493 e. The molecule has 0 unspecified atom stereocenters. The SMILES string of the molecule is CCc1nnc(Cl)n1Cc1ccc(OC)c(OC)c1. The number of hydrogen-bond donors (Lipinski definition) is 0. The molecule has 102 valence electrons. The standard InChI is InChI=1S/C13H16ClN3O2/c1-4-12-15-16-13(14)17(12)8-9-5-6-10(18-2)11(7-9)19-3/h5-7H,4,8H2,1-3H3. The van der Waals surface area contributed by atoms with Crippen molar-refractivity contribution in [3.05, 3.63) is 34.9 Å². The second-order valence-electron chi connectivity index (χ2n) is 4.01. The largest absolute Gasteiger partial charge is 0.493 e. The topological polar surface area (TPSA) is 49.2 Å². The molecule has 0 aliphatic carbocycles. The molecule has 0 aliphatic rings. The Labute approximate surface area is 117 Å². The summed E-state index contributed by atoms with van der Waals surface area (Å²) < 4.78 is 12.4. The van der Waals surface area contributed by atoms with E-state index in [0.29, 0.717) is 23.3 Å². The zero-order chi connectivity index (χ0) is 13.8. The molecule has 0 amide bonds. The smallest absolute Gasteiger partial charge is 0.225 e. The van der Waals surface area contributed by atoms with Crippen LogP contribution in [0.5, 0.6) is 11.5 Å². The summed E-state index contributed by atoms with van der Waals surface area (Å²) in [4.78, 5) is 0. The Balaban J connectivity index is 2.30. The van der Waals surface area contributed by atoms with E-state index in [9.17, 15) is 0 Å². The van der Waals surface area contributed by atoms with Gasteiger partial charge in [0.1, 0.15) is 5.82 Å².